The summed E-state index contributed by atoms with van der Waals surface area (Å²) in [4.78, 5) is 13.8. The Morgan fingerprint density at radius 1 is 1.12 bits per heavy atom. The van der Waals surface area contributed by atoms with Crippen LogP contribution in [0.4, 0.5) is 0 Å². The third-order valence-corrected chi connectivity index (χ3v) is 5.78. The van der Waals surface area contributed by atoms with E-state index < -0.39 is 5.97 Å². The van der Waals surface area contributed by atoms with Gasteiger partial charge in [-0.05, 0) is 37.6 Å². The zero-order valence-corrected chi connectivity index (χ0v) is 14.6. The van der Waals surface area contributed by atoms with Crippen LogP contribution in [0.15, 0.2) is 42.5 Å². The fourth-order valence-corrected chi connectivity index (χ4v) is 4.25. The van der Waals surface area contributed by atoms with Crippen LogP contribution in [0.3, 0.4) is 0 Å². The molecule has 0 bridgehead atoms. The van der Waals surface area contributed by atoms with Gasteiger partial charge >= 0.3 is 5.97 Å². The summed E-state index contributed by atoms with van der Waals surface area (Å²) in [5.74, 6) is -0.442. The van der Waals surface area contributed by atoms with E-state index >= 15 is 0 Å². The molecule has 2 heterocycles. The molecule has 5 heteroatoms. The lowest BCUT2D eigenvalue weighted by atomic mass is 9.73. The van der Waals surface area contributed by atoms with Crippen molar-refractivity contribution in [2.24, 2.45) is 0 Å². The molecule has 2 aliphatic heterocycles. The number of aromatic carboxylic acids is 1. The second-order valence-corrected chi connectivity index (χ2v) is 7.26. The zero-order valence-electron chi connectivity index (χ0n) is 14.6. The number of likely N-dealkylation sites (tertiary alicyclic amines) is 1. The first kappa shape index (κ1) is 17.1. The Morgan fingerprint density at radius 2 is 1.85 bits per heavy atom. The fraction of sp³-hybridized carbons (Fsp3) is 0.381. The highest BCUT2D eigenvalue weighted by atomic mass is 16.5. The molecule has 1 fully saturated rings. The van der Waals surface area contributed by atoms with E-state index in [0.29, 0.717) is 17.9 Å². The van der Waals surface area contributed by atoms with Crippen molar-refractivity contribution in [3.8, 4) is 5.75 Å². The normalized spacial score (nSPS) is 18.5. The summed E-state index contributed by atoms with van der Waals surface area (Å²) >= 11 is 0. The average Bonchev–Trinajstić information content (AvgIpc) is 3.02. The first-order chi connectivity index (χ1) is 12.6. The zero-order chi connectivity index (χ0) is 18.1. The maximum atomic E-state index is 11.4. The molecule has 0 aromatic heterocycles. The summed E-state index contributed by atoms with van der Waals surface area (Å²) in [6.07, 6.45) is 1.95. The number of fused-ring (bicyclic) bond motifs is 2. The Morgan fingerprint density at radius 3 is 2.50 bits per heavy atom. The second-order valence-electron chi connectivity index (χ2n) is 7.26. The van der Waals surface area contributed by atoms with E-state index in [-0.39, 0.29) is 17.6 Å². The Labute approximate surface area is 152 Å². The van der Waals surface area contributed by atoms with Gasteiger partial charge in [-0.3, -0.25) is 4.90 Å². The number of carboxylic acid groups (broad SMARTS) is 1. The van der Waals surface area contributed by atoms with Gasteiger partial charge in [0.2, 0.25) is 0 Å². The van der Waals surface area contributed by atoms with Crippen molar-refractivity contribution in [1.82, 2.24) is 4.90 Å². The van der Waals surface area contributed by atoms with Crippen LogP contribution in [0.25, 0.3) is 0 Å². The molecule has 1 spiro atoms. The van der Waals surface area contributed by atoms with Gasteiger partial charge in [-0.15, -0.1) is 0 Å². The molecule has 0 radical (unpaired) electrons. The molecular formula is C21H23NO4. The summed E-state index contributed by atoms with van der Waals surface area (Å²) < 4.78 is 5.92. The van der Waals surface area contributed by atoms with Crippen LogP contribution in [0.5, 0.6) is 5.75 Å². The number of carboxylic acids is 1. The molecule has 2 aliphatic rings. The lowest BCUT2D eigenvalue weighted by Gasteiger charge is -2.38. The number of carbonyl (C=O) groups is 1. The van der Waals surface area contributed by atoms with Gasteiger partial charge < -0.3 is 14.9 Å². The number of aliphatic hydroxyl groups is 1. The molecule has 136 valence electrons. The largest absolute Gasteiger partial charge is 0.492 e. The highest BCUT2D eigenvalue weighted by molar-refractivity contribution is 5.90. The fourth-order valence-electron chi connectivity index (χ4n) is 4.25. The predicted octanol–water partition coefficient (Wildman–Crippen LogP) is 2.80. The van der Waals surface area contributed by atoms with Crippen LogP contribution in [-0.2, 0) is 18.6 Å². The van der Waals surface area contributed by atoms with E-state index in [0.717, 1.165) is 38.0 Å². The Hall–Kier alpha value is -2.37. The van der Waals surface area contributed by atoms with E-state index in [1.54, 1.807) is 6.07 Å². The Kier molecular flexibility index (Phi) is 4.42. The quantitative estimate of drug-likeness (QED) is 0.884. The minimum absolute atomic E-state index is 0.0660. The Bertz CT molecular complexity index is 810. The minimum atomic E-state index is -1.03. The van der Waals surface area contributed by atoms with Crippen molar-refractivity contribution in [2.45, 2.75) is 31.4 Å². The van der Waals surface area contributed by atoms with Crippen molar-refractivity contribution in [3.05, 3.63) is 64.7 Å². The topological polar surface area (TPSA) is 70.0 Å². The van der Waals surface area contributed by atoms with Gasteiger partial charge in [0.05, 0.1) is 18.8 Å². The first-order valence-corrected chi connectivity index (χ1v) is 9.02. The van der Waals surface area contributed by atoms with Gasteiger partial charge in [0.1, 0.15) is 5.75 Å². The highest BCUT2D eigenvalue weighted by Crippen LogP contribution is 2.47. The summed E-state index contributed by atoms with van der Waals surface area (Å²) in [6.45, 7) is 3.16. The van der Waals surface area contributed by atoms with E-state index in [4.69, 9.17) is 4.74 Å². The number of piperidine rings is 1. The number of nitrogens with zero attached hydrogens (tertiary/aromatic N) is 1. The minimum Gasteiger partial charge on any atom is -0.492 e. The van der Waals surface area contributed by atoms with Crippen molar-refractivity contribution < 1.29 is 19.7 Å². The molecule has 2 aromatic carbocycles. The summed E-state index contributed by atoms with van der Waals surface area (Å²) in [5, 5.41) is 19.0. The molecule has 0 saturated carbocycles. The van der Waals surface area contributed by atoms with Crippen molar-refractivity contribution in [3.63, 3.8) is 0 Å². The number of benzene rings is 2. The van der Waals surface area contributed by atoms with Gasteiger partial charge in [-0.1, -0.05) is 36.4 Å². The molecule has 1 saturated heterocycles. The van der Waals surface area contributed by atoms with E-state index in [1.165, 1.54) is 5.56 Å². The van der Waals surface area contributed by atoms with Crippen LogP contribution in [0.1, 0.15) is 39.9 Å². The van der Waals surface area contributed by atoms with Crippen molar-refractivity contribution in [2.75, 3.05) is 19.7 Å². The van der Waals surface area contributed by atoms with Crippen LogP contribution >= 0.6 is 0 Å². The monoisotopic (exact) mass is 353 g/mol. The first-order valence-electron chi connectivity index (χ1n) is 9.02. The lowest BCUT2D eigenvalue weighted by Crippen LogP contribution is -2.43. The van der Waals surface area contributed by atoms with E-state index in [2.05, 4.69) is 29.2 Å². The molecule has 0 aliphatic carbocycles. The standard InChI is InChI=1S/C21H23NO4/c23-13-17-16(20(24)25)6-7-18-19(17)26-14-21(18)8-10-22(11-9-21)12-15-4-2-1-3-5-15/h1-7,23H,8-14H2,(H,24,25). The van der Waals surface area contributed by atoms with Gasteiger partial charge in [0.25, 0.3) is 0 Å². The number of hydrogen-bond donors (Lipinski definition) is 2. The van der Waals surface area contributed by atoms with Crippen LogP contribution in [0.2, 0.25) is 0 Å². The summed E-state index contributed by atoms with van der Waals surface area (Å²) in [6, 6.07) is 14.0. The molecule has 4 rings (SSSR count). The van der Waals surface area contributed by atoms with Gasteiger partial charge in [0.15, 0.2) is 0 Å². The van der Waals surface area contributed by atoms with Crippen LogP contribution in [-0.4, -0.2) is 40.8 Å². The SMILES string of the molecule is O=C(O)c1ccc2c(c1CO)OCC21CCN(Cc2ccccc2)CC1. The molecule has 2 aromatic rings. The van der Waals surface area contributed by atoms with E-state index in [9.17, 15) is 15.0 Å². The molecule has 5 nitrogen and oxygen atoms in total. The molecule has 0 atom stereocenters. The highest BCUT2D eigenvalue weighted by Gasteiger charge is 2.44. The molecule has 0 unspecified atom stereocenters. The number of hydrogen-bond acceptors (Lipinski definition) is 4. The van der Waals surface area contributed by atoms with Crippen LogP contribution in [0, 0.1) is 0 Å². The lowest BCUT2D eigenvalue weighted by molar-refractivity contribution is 0.0692. The third-order valence-electron chi connectivity index (χ3n) is 5.78. The van der Waals surface area contributed by atoms with Gasteiger partial charge in [0, 0.05) is 23.1 Å². The second kappa shape index (κ2) is 6.74. The average molecular weight is 353 g/mol. The van der Waals surface area contributed by atoms with Gasteiger partial charge in [-0.2, -0.15) is 0 Å². The smallest absolute Gasteiger partial charge is 0.336 e. The maximum Gasteiger partial charge on any atom is 0.336 e. The summed E-state index contributed by atoms with van der Waals surface area (Å²) in [5.41, 5.74) is 2.85. The van der Waals surface area contributed by atoms with E-state index in [1.807, 2.05) is 12.1 Å². The maximum absolute atomic E-state index is 11.4. The number of rotatable bonds is 4. The van der Waals surface area contributed by atoms with Crippen molar-refractivity contribution >= 4 is 5.97 Å². The molecule has 26 heavy (non-hydrogen) atoms. The molecule has 0 amide bonds. The van der Waals surface area contributed by atoms with Crippen LogP contribution < -0.4 is 4.74 Å². The summed E-state index contributed by atoms with van der Waals surface area (Å²) in [7, 11) is 0. The number of aliphatic hydroxyl groups excluding tert-OH is 1. The van der Waals surface area contributed by atoms with Crippen molar-refractivity contribution in [1.29, 1.82) is 0 Å². The number of ether oxygens (including phenoxy) is 1. The third kappa shape index (κ3) is 2.87. The van der Waals surface area contributed by atoms with Gasteiger partial charge in [-0.25, -0.2) is 4.79 Å². The Balaban J connectivity index is 1.54. The molecule has 2 N–H and O–H groups in total. The predicted molar refractivity (Wildman–Crippen MR) is 97.5 cm³/mol. The molecular weight excluding hydrogens is 330 g/mol.